The molecule has 0 aromatic heterocycles. The molecule has 32 heavy (non-hydrogen) atoms. The second-order valence-electron chi connectivity index (χ2n) is 6.71. The highest BCUT2D eigenvalue weighted by atomic mass is 35.5. The van der Waals surface area contributed by atoms with E-state index in [4.69, 9.17) is 27.5 Å². The first kappa shape index (κ1) is 23.3. The quantitative estimate of drug-likeness (QED) is 0.478. The van der Waals surface area contributed by atoms with Crippen molar-refractivity contribution in [3.8, 4) is 23.8 Å². The van der Waals surface area contributed by atoms with E-state index < -0.39 is 11.1 Å². The Morgan fingerprint density at radius 3 is 2.66 bits per heavy atom. The van der Waals surface area contributed by atoms with Crippen LogP contribution in [0.2, 0.25) is 5.02 Å². The van der Waals surface area contributed by atoms with Gasteiger partial charge in [-0.25, -0.2) is 0 Å². The van der Waals surface area contributed by atoms with Crippen molar-refractivity contribution in [2.45, 2.75) is 6.92 Å². The molecule has 3 rings (SSSR count). The highest BCUT2D eigenvalue weighted by Gasteiger charge is 2.34. The molecule has 0 bridgehead atoms. The van der Waals surface area contributed by atoms with Gasteiger partial charge in [0.1, 0.15) is 0 Å². The first-order valence-electron chi connectivity index (χ1n) is 9.38. The first-order chi connectivity index (χ1) is 15.3. The lowest BCUT2D eigenvalue weighted by molar-refractivity contribution is -0.122. The largest absolute Gasteiger partial charge is 0.493 e. The predicted molar refractivity (Wildman–Crippen MR) is 125 cm³/mol. The number of anilines is 1. The van der Waals surface area contributed by atoms with Gasteiger partial charge in [-0.3, -0.25) is 19.3 Å². The average molecular weight is 471 g/mol. The van der Waals surface area contributed by atoms with Crippen LogP contribution in [0.25, 0.3) is 6.08 Å². The van der Waals surface area contributed by atoms with Crippen LogP contribution in [-0.4, -0.2) is 42.2 Å². The summed E-state index contributed by atoms with van der Waals surface area (Å²) in [6.45, 7) is 1.58. The fourth-order valence-corrected chi connectivity index (χ4v) is 3.93. The molecule has 0 spiro atoms. The number of nitrogens with zero attached hydrogens (tertiary/aromatic N) is 1. The highest BCUT2D eigenvalue weighted by Crippen LogP contribution is 2.39. The second kappa shape index (κ2) is 10.3. The number of terminal acetylenes is 1. The van der Waals surface area contributed by atoms with Gasteiger partial charge < -0.3 is 14.8 Å². The zero-order valence-electron chi connectivity index (χ0n) is 17.3. The minimum absolute atomic E-state index is 0.0937. The van der Waals surface area contributed by atoms with Crippen LogP contribution >= 0.6 is 23.4 Å². The third-order valence-electron chi connectivity index (χ3n) is 4.36. The molecule has 3 amide bonds. The Morgan fingerprint density at radius 1 is 1.28 bits per heavy atom. The molecule has 1 aliphatic rings. The van der Waals surface area contributed by atoms with E-state index in [0.29, 0.717) is 11.3 Å². The number of imide groups is 1. The summed E-state index contributed by atoms with van der Waals surface area (Å²) >= 11 is 7.13. The third-order valence-corrected chi connectivity index (χ3v) is 5.54. The van der Waals surface area contributed by atoms with Crippen molar-refractivity contribution in [3.63, 3.8) is 0 Å². The molecule has 7 nitrogen and oxygen atoms in total. The van der Waals surface area contributed by atoms with Crippen LogP contribution < -0.4 is 14.8 Å². The summed E-state index contributed by atoms with van der Waals surface area (Å²) < 4.78 is 10.9. The number of amides is 3. The summed E-state index contributed by atoms with van der Waals surface area (Å²) in [6, 6.07) is 10.5. The number of carbonyl (C=O) groups excluding carboxylic acids is 3. The predicted octanol–water partition coefficient (Wildman–Crippen LogP) is 4.34. The van der Waals surface area contributed by atoms with Crippen LogP contribution in [0.3, 0.4) is 0 Å². The van der Waals surface area contributed by atoms with Gasteiger partial charge in [0.05, 0.1) is 23.6 Å². The lowest BCUT2D eigenvalue weighted by Crippen LogP contribution is -2.28. The van der Waals surface area contributed by atoms with Crippen LogP contribution in [0.1, 0.15) is 11.1 Å². The first-order valence-corrected chi connectivity index (χ1v) is 10.6. The van der Waals surface area contributed by atoms with Crippen molar-refractivity contribution < 1.29 is 23.9 Å². The van der Waals surface area contributed by atoms with Crippen LogP contribution in [0, 0.1) is 19.3 Å². The van der Waals surface area contributed by atoms with Crippen molar-refractivity contribution in [2.75, 3.05) is 25.6 Å². The molecule has 2 aromatic carbocycles. The molecular formula is C23H19ClN2O5S. The number of benzene rings is 2. The van der Waals surface area contributed by atoms with Gasteiger partial charge in [0.15, 0.2) is 18.1 Å². The maximum absolute atomic E-state index is 12.3. The summed E-state index contributed by atoms with van der Waals surface area (Å²) in [7, 11) is 1.43. The van der Waals surface area contributed by atoms with Crippen molar-refractivity contribution in [1.29, 1.82) is 0 Å². The Labute approximate surface area is 194 Å². The van der Waals surface area contributed by atoms with Gasteiger partial charge in [-0.1, -0.05) is 35.2 Å². The summed E-state index contributed by atoms with van der Waals surface area (Å²) in [5, 5.41) is 2.48. The Kier molecular flexibility index (Phi) is 7.46. The molecule has 1 heterocycles. The Balaban J connectivity index is 1.73. The van der Waals surface area contributed by atoms with E-state index in [1.807, 2.05) is 19.1 Å². The summed E-state index contributed by atoms with van der Waals surface area (Å²) in [6.07, 6.45) is 6.72. The van der Waals surface area contributed by atoms with E-state index >= 15 is 0 Å². The highest BCUT2D eigenvalue weighted by molar-refractivity contribution is 8.18. The zero-order chi connectivity index (χ0) is 23.3. The van der Waals surface area contributed by atoms with Crippen LogP contribution in [-0.2, 0) is 9.59 Å². The number of aryl methyl sites for hydroxylation is 1. The molecule has 1 saturated heterocycles. The molecule has 1 aliphatic heterocycles. The number of nitrogens with one attached hydrogen (secondary N) is 1. The fourth-order valence-electron chi connectivity index (χ4n) is 2.81. The van der Waals surface area contributed by atoms with Crippen molar-refractivity contribution in [3.05, 3.63) is 57.5 Å². The van der Waals surface area contributed by atoms with Crippen molar-refractivity contribution in [2.24, 2.45) is 0 Å². The van der Waals surface area contributed by atoms with Crippen molar-refractivity contribution in [1.82, 2.24) is 4.90 Å². The SMILES string of the molecule is C#CCN1C(=O)S/C(=C/c2cc(Cl)c(OCC(=O)Nc3ccc(C)cc3)c(OC)c2)C1=O. The molecule has 0 atom stereocenters. The Morgan fingerprint density at radius 2 is 2.00 bits per heavy atom. The zero-order valence-corrected chi connectivity index (χ0v) is 18.9. The molecule has 2 aromatic rings. The van der Waals surface area contributed by atoms with E-state index in [0.717, 1.165) is 22.2 Å². The normalized spacial score (nSPS) is 14.4. The lowest BCUT2D eigenvalue weighted by Gasteiger charge is -2.13. The van der Waals surface area contributed by atoms with E-state index in [9.17, 15) is 14.4 Å². The average Bonchev–Trinajstić information content (AvgIpc) is 3.02. The van der Waals surface area contributed by atoms with Gasteiger partial charge >= 0.3 is 0 Å². The fraction of sp³-hybridized carbons (Fsp3) is 0.174. The maximum atomic E-state index is 12.3. The van der Waals surface area contributed by atoms with Crippen molar-refractivity contribution >= 4 is 52.2 Å². The molecule has 1 fully saturated rings. The van der Waals surface area contributed by atoms with E-state index in [2.05, 4.69) is 11.2 Å². The van der Waals surface area contributed by atoms with Crippen LogP contribution in [0.5, 0.6) is 11.5 Å². The van der Waals surface area contributed by atoms with E-state index in [1.54, 1.807) is 24.3 Å². The number of methoxy groups -OCH3 is 1. The van der Waals surface area contributed by atoms with Gasteiger partial charge in [-0.05, 0) is 54.6 Å². The van der Waals surface area contributed by atoms with Crippen LogP contribution in [0.4, 0.5) is 10.5 Å². The molecular weight excluding hydrogens is 452 g/mol. The summed E-state index contributed by atoms with van der Waals surface area (Å²) in [5.41, 5.74) is 2.25. The Bertz CT molecular complexity index is 1140. The molecule has 0 radical (unpaired) electrons. The monoisotopic (exact) mass is 470 g/mol. The number of halogens is 1. The number of hydrogen-bond donors (Lipinski definition) is 1. The number of hydrogen-bond acceptors (Lipinski definition) is 6. The molecule has 1 N–H and O–H groups in total. The minimum atomic E-state index is -0.471. The smallest absolute Gasteiger partial charge is 0.294 e. The number of carbonyl (C=O) groups is 3. The van der Waals surface area contributed by atoms with Gasteiger partial charge in [-0.15, -0.1) is 6.42 Å². The van der Waals surface area contributed by atoms with Crippen LogP contribution in [0.15, 0.2) is 41.3 Å². The number of rotatable bonds is 7. The number of ether oxygens (including phenoxy) is 2. The number of thioether (sulfide) groups is 1. The molecule has 0 unspecified atom stereocenters. The van der Waals surface area contributed by atoms with Gasteiger partial charge in [0.2, 0.25) is 0 Å². The second-order valence-corrected chi connectivity index (χ2v) is 8.11. The molecule has 0 aliphatic carbocycles. The van der Waals surface area contributed by atoms with Gasteiger partial charge in [0.25, 0.3) is 17.1 Å². The third kappa shape index (κ3) is 5.44. The van der Waals surface area contributed by atoms with E-state index in [1.165, 1.54) is 13.2 Å². The topological polar surface area (TPSA) is 84.9 Å². The molecule has 0 saturated carbocycles. The van der Waals surface area contributed by atoms with Gasteiger partial charge in [-0.2, -0.15) is 0 Å². The standard InChI is InChI=1S/C23H19ClN2O5S/c1-4-9-26-22(28)19(32-23(26)29)12-15-10-17(24)21(18(11-15)30-3)31-13-20(27)25-16-7-5-14(2)6-8-16/h1,5-8,10-12H,9,13H2,2-3H3,(H,25,27)/b19-12+. The maximum Gasteiger partial charge on any atom is 0.294 e. The summed E-state index contributed by atoms with van der Waals surface area (Å²) in [5.74, 6) is 1.91. The van der Waals surface area contributed by atoms with E-state index in [-0.39, 0.29) is 40.5 Å². The van der Waals surface area contributed by atoms with Gasteiger partial charge in [0, 0.05) is 5.69 Å². The minimum Gasteiger partial charge on any atom is -0.493 e. The Hall–Kier alpha value is -3.41. The summed E-state index contributed by atoms with van der Waals surface area (Å²) in [4.78, 5) is 37.7. The molecule has 9 heteroatoms. The lowest BCUT2D eigenvalue weighted by atomic mass is 10.1. The molecule has 164 valence electrons.